The molecule has 6 rings (SSSR count). The van der Waals surface area contributed by atoms with Gasteiger partial charge in [-0.1, -0.05) is 47.5 Å². The smallest absolute Gasteiger partial charge is 0.337 e. The number of benzene rings is 3. The number of halogens is 2. The minimum Gasteiger partial charge on any atom is -0.489 e. The average Bonchev–Trinajstić information content (AvgIpc) is 3.69. The van der Waals surface area contributed by atoms with E-state index in [4.69, 9.17) is 37.0 Å². The Labute approximate surface area is 247 Å². The first-order valence-corrected chi connectivity index (χ1v) is 14.9. The minimum absolute atomic E-state index is 0.173. The summed E-state index contributed by atoms with van der Waals surface area (Å²) in [5.74, 6) is 1.07. The highest BCUT2D eigenvalue weighted by Gasteiger charge is 2.45. The predicted molar refractivity (Wildman–Crippen MR) is 159 cm³/mol. The number of hydrogen-bond acceptors (Lipinski definition) is 6. The number of carbonyl (C=O) groups is 1. The van der Waals surface area contributed by atoms with Gasteiger partial charge in [0.2, 0.25) is 0 Å². The molecule has 40 heavy (non-hydrogen) atoms. The zero-order chi connectivity index (χ0) is 28.0. The maximum absolute atomic E-state index is 11.9. The van der Waals surface area contributed by atoms with Crippen molar-refractivity contribution >= 4 is 40.7 Å². The molecule has 0 saturated heterocycles. The van der Waals surface area contributed by atoms with Gasteiger partial charge in [-0.25, -0.2) is 4.79 Å². The summed E-state index contributed by atoms with van der Waals surface area (Å²) in [6, 6.07) is 18.8. The summed E-state index contributed by atoms with van der Waals surface area (Å²) in [6.45, 7) is 2.36. The summed E-state index contributed by atoms with van der Waals surface area (Å²) in [5.41, 5.74) is 5.11. The lowest BCUT2D eigenvalue weighted by Crippen LogP contribution is -2.40. The van der Waals surface area contributed by atoms with E-state index in [1.54, 1.807) is 6.07 Å². The Hall–Kier alpha value is -2.90. The highest BCUT2D eigenvalue weighted by atomic mass is 35.5. The Bertz CT molecular complexity index is 1570. The van der Waals surface area contributed by atoms with Crippen molar-refractivity contribution in [1.82, 2.24) is 4.37 Å². The number of carbonyl (C=O) groups excluding carboxylic acids is 1. The highest BCUT2D eigenvalue weighted by molar-refractivity contribution is 7.06. The van der Waals surface area contributed by atoms with Gasteiger partial charge < -0.3 is 14.6 Å². The van der Waals surface area contributed by atoms with Crippen molar-refractivity contribution < 1.29 is 19.4 Å². The van der Waals surface area contributed by atoms with Crippen LogP contribution in [0.15, 0.2) is 60.7 Å². The molecule has 1 heterocycles. The molecule has 2 fully saturated rings. The molecule has 0 atom stereocenters. The first-order chi connectivity index (χ1) is 19.3. The molecule has 8 heteroatoms. The number of hydrogen-bond donors (Lipinski definition) is 1. The van der Waals surface area contributed by atoms with Crippen LogP contribution in [0.2, 0.25) is 10.0 Å². The lowest BCUT2D eigenvalue weighted by Gasteiger charge is -2.45. The van der Waals surface area contributed by atoms with E-state index in [2.05, 4.69) is 0 Å². The number of ether oxygens (including phenoxy) is 2. The second-order valence-electron chi connectivity index (χ2n) is 10.8. The monoisotopic (exact) mass is 593 g/mol. The topological polar surface area (TPSA) is 68.7 Å². The van der Waals surface area contributed by atoms with Crippen LogP contribution in [0, 0.1) is 6.92 Å². The number of nitrogens with zero attached hydrogens (tertiary/aromatic N) is 1. The summed E-state index contributed by atoms with van der Waals surface area (Å²) in [7, 11) is 1.38. The van der Waals surface area contributed by atoms with Crippen molar-refractivity contribution in [2.75, 3.05) is 7.11 Å². The van der Waals surface area contributed by atoms with E-state index in [-0.39, 0.29) is 11.9 Å². The second kappa shape index (κ2) is 10.8. The van der Waals surface area contributed by atoms with Crippen molar-refractivity contribution in [2.45, 2.75) is 56.7 Å². The van der Waals surface area contributed by atoms with E-state index in [9.17, 15) is 9.90 Å². The molecule has 206 valence electrons. The predicted octanol–water partition coefficient (Wildman–Crippen LogP) is 8.43. The summed E-state index contributed by atoms with van der Waals surface area (Å²) in [6.07, 6.45) is 3.49. The van der Waals surface area contributed by atoms with E-state index in [0.29, 0.717) is 41.0 Å². The zero-order valence-electron chi connectivity index (χ0n) is 22.2. The largest absolute Gasteiger partial charge is 0.489 e. The number of esters is 1. The molecule has 4 aromatic rings. The molecule has 2 aliphatic carbocycles. The molecule has 0 bridgehead atoms. The molecular formula is C32H29Cl2NO4S. The van der Waals surface area contributed by atoms with Gasteiger partial charge in [0.05, 0.1) is 34.0 Å². The Morgan fingerprint density at radius 3 is 2.45 bits per heavy atom. The van der Waals surface area contributed by atoms with Crippen molar-refractivity contribution in [3.63, 3.8) is 0 Å². The van der Waals surface area contributed by atoms with E-state index in [1.807, 2.05) is 61.5 Å². The van der Waals surface area contributed by atoms with Gasteiger partial charge in [-0.3, -0.25) is 0 Å². The number of rotatable bonds is 8. The van der Waals surface area contributed by atoms with Crippen LogP contribution in [0.4, 0.5) is 0 Å². The van der Waals surface area contributed by atoms with Gasteiger partial charge in [0.25, 0.3) is 0 Å². The Balaban J connectivity index is 1.18. The fourth-order valence-corrected chi connectivity index (χ4v) is 7.32. The van der Waals surface area contributed by atoms with Crippen molar-refractivity contribution in [3.05, 3.63) is 103 Å². The van der Waals surface area contributed by atoms with E-state index in [1.165, 1.54) is 23.5 Å². The first-order valence-electron chi connectivity index (χ1n) is 13.3. The lowest BCUT2D eigenvalue weighted by molar-refractivity contribution is -0.0555. The molecule has 1 aromatic heterocycles. The first kappa shape index (κ1) is 27.3. The number of aliphatic hydroxyl groups is 1. The van der Waals surface area contributed by atoms with E-state index >= 15 is 0 Å². The maximum atomic E-state index is 11.9. The Kier molecular flexibility index (Phi) is 7.38. The standard InChI is InChI=1S/C32H29Cl2NO4S/c1-18-13-23(11-12-25(18)32(37)15-22(16-32)20-5-3-6-21(14-20)31(36)38-2)39-17-24-29(35-40-30(24)19-9-10-19)28-26(33)7-4-8-27(28)34/h3-8,11-14,19,22,37H,9-10,15-17H2,1-2H3. The van der Waals surface area contributed by atoms with Crippen LogP contribution in [-0.4, -0.2) is 22.6 Å². The van der Waals surface area contributed by atoms with Crippen LogP contribution >= 0.6 is 34.7 Å². The van der Waals surface area contributed by atoms with E-state index < -0.39 is 5.60 Å². The quantitative estimate of drug-likeness (QED) is 0.208. The summed E-state index contributed by atoms with van der Waals surface area (Å²) in [4.78, 5) is 13.2. The van der Waals surface area contributed by atoms with Crippen molar-refractivity contribution in [3.8, 4) is 17.0 Å². The van der Waals surface area contributed by atoms with Crippen molar-refractivity contribution in [2.24, 2.45) is 0 Å². The summed E-state index contributed by atoms with van der Waals surface area (Å²) >= 11 is 14.6. The molecule has 3 aromatic carbocycles. The zero-order valence-corrected chi connectivity index (χ0v) is 24.6. The van der Waals surface area contributed by atoms with Gasteiger partial charge in [0.15, 0.2) is 0 Å². The molecule has 0 spiro atoms. The molecular weight excluding hydrogens is 565 g/mol. The molecule has 0 radical (unpaired) electrons. The second-order valence-corrected chi connectivity index (χ2v) is 12.4. The van der Waals surface area contributed by atoms with Crippen LogP contribution in [0.3, 0.4) is 0 Å². The molecule has 1 N–H and O–H groups in total. The molecule has 0 unspecified atom stereocenters. The fourth-order valence-electron chi connectivity index (χ4n) is 5.70. The van der Waals surface area contributed by atoms with Gasteiger partial charge in [0.1, 0.15) is 12.4 Å². The molecule has 2 aliphatic rings. The van der Waals surface area contributed by atoms with Crippen LogP contribution in [0.5, 0.6) is 5.75 Å². The van der Waals surface area contributed by atoms with Crippen LogP contribution < -0.4 is 4.74 Å². The third kappa shape index (κ3) is 5.14. The number of aromatic nitrogens is 1. The van der Waals surface area contributed by atoms with Crippen LogP contribution in [-0.2, 0) is 16.9 Å². The SMILES string of the molecule is COC(=O)c1cccc(C2CC(O)(c3ccc(OCc4c(-c5c(Cl)cccc5Cl)nsc4C4CC4)cc3C)C2)c1. The van der Waals surface area contributed by atoms with Gasteiger partial charge in [-0.2, -0.15) is 4.37 Å². The number of methoxy groups -OCH3 is 1. The average molecular weight is 595 g/mol. The van der Waals surface area contributed by atoms with Gasteiger partial charge in [0, 0.05) is 16.0 Å². The fraction of sp³-hybridized carbons (Fsp3) is 0.312. The summed E-state index contributed by atoms with van der Waals surface area (Å²) < 4.78 is 15.9. The van der Waals surface area contributed by atoms with Crippen LogP contribution in [0.1, 0.15) is 75.0 Å². The van der Waals surface area contributed by atoms with Gasteiger partial charge in [-0.15, -0.1) is 0 Å². The molecule has 0 aliphatic heterocycles. The Morgan fingerprint density at radius 1 is 1.05 bits per heavy atom. The maximum Gasteiger partial charge on any atom is 0.337 e. The van der Waals surface area contributed by atoms with Crippen LogP contribution in [0.25, 0.3) is 11.3 Å². The highest BCUT2D eigenvalue weighted by Crippen LogP contribution is 2.52. The van der Waals surface area contributed by atoms with E-state index in [0.717, 1.165) is 52.1 Å². The lowest BCUT2D eigenvalue weighted by atomic mass is 9.64. The molecule has 2 saturated carbocycles. The van der Waals surface area contributed by atoms with Crippen molar-refractivity contribution in [1.29, 1.82) is 0 Å². The minimum atomic E-state index is -0.918. The normalized spacial score (nSPS) is 20.2. The summed E-state index contributed by atoms with van der Waals surface area (Å²) in [5, 5.41) is 12.6. The van der Waals surface area contributed by atoms with Gasteiger partial charge in [-0.05, 0) is 109 Å². The number of aryl methyl sites for hydroxylation is 1. The molecule has 0 amide bonds. The third-order valence-electron chi connectivity index (χ3n) is 8.00. The van der Waals surface area contributed by atoms with Gasteiger partial charge >= 0.3 is 5.97 Å². The third-order valence-corrected chi connectivity index (χ3v) is 9.68. The Morgan fingerprint density at radius 2 is 1.77 bits per heavy atom. The molecule has 5 nitrogen and oxygen atoms in total.